The number of methoxy groups -OCH3 is 1. The molecule has 3 aromatic carbocycles. The van der Waals surface area contributed by atoms with Crippen LogP contribution in [0.2, 0.25) is 5.02 Å². The number of hydrogen-bond donors (Lipinski definition) is 1. The molecule has 33 heavy (non-hydrogen) atoms. The average molecular weight is 480 g/mol. The molecule has 0 aromatic heterocycles. The van der Waals surface area contributed by atoms with Crippen molar-refractivity contribution in [2.24, 2.45) is 0 Å². The number of ether oxygens (including phenoxy) is 1. The lowest BCUT2D eigenvalue weighted by atomic mass is 10.1. The smallest absolute Gasteiger partial charge is 0.256 e. The van der Waals surface area contributed by atoms with Crippen molar-refractivity contribution in [1.29, 1.82) is 0 Å². The summed E-state index contributed by atoms with van der Waals surface area (Å²) < 4.78 is 5.22. The van der Waals surface area contributed by atoms with Gasteiger partial charge in [0.15, 0.2) is 5.11 Å². The third kappa shape index (κ3) is 5.16. The molecule has 1 heterocycles. The first-order valence-corrected chi connectivity index (χ1v) is 11.1. The van der Waals surface area contributed by atoms with Gasteiger partial charge in [0.25, 0.3) is 5.91 Å². The van der Waals surface area contributed by atoms with Gasteiger partial charge in [0.05, 0.1) is 19.2 Å². The molecule has 1 aliphatic heterocycles. The number of benzene rings is 3. The summed E-state index contributed by atoms with van der Waals surface area (Å²) in [4.78, 5) is 29.5. The molecule has 1 atom stereocenters. The number of rotatable bonds is 7. The van der Waals surface area contributed by atoms with Crippen LogP contribution < -0.4 is 15.0 Å². The van der Waals surface area contributed by atoms with Gasteiger partial charge in [-0.05, 0) is 66.3 Å². The van der Waals surface area contributed by atoms with E-state index in [1.807, 2.05) is 30.3 Å². The Hall–Kier alpha value is -3.42. The molecule has 0 aliphatic carbocycles. The lowest BCUT2D eigenvalue weighted by Gasteiger charge is -2.24. The van der Waals surface area contributed by atoms with Crippen LogP contribution in [0.1, 0.15) is 12.0 Å². The summed E-state index contributed by atoms with van der Waals surface area (Å²) >= 11 is 11.7. The quantitative estimate of drug-likeness (QED) is 0.489. The van der Waals surface area contributed by atoms with Crippen molar-refractivity contribution >= 4 is 52.1 Å². The fourth-order valence-electron chi connectivity index (χ4n) is 3.68. The van der Waals surface area contributed by atoms with Crippen molar-refractivity contribution in [1.82, 2.24) is 4.90 Å². The summed E-state index contributed by atoms with van der Waals surface area (Å²) in [5, 5.41) is 3.82. The molecule has 168 valence electrons. The third-order valence-corrected chi connectivity index (χ3v) is 6.02. The lowest BCUT2D eigenvalue weighted by molar-refractivity contribution is -0.124. The van der Waals surface area contributed by atoms with Crippen LogP contribution in [-0.4, -0.2) is 35.0 Å². The van der Waals surface area contributed by atoms with Crippen LogP contribution in [0.5, 0.6) is 5.75 Å². The van der Waals surface area contributed by atoms with Gasteiger partial charge >= 0.3 is 0 Å². The number of halogens is 1. The SMILES string of the molecule is COc1ccc(N2C(=O)[C@H](CC(=O)Nc3ccccc3)N(Cc3ccc(Cl)cc3)C2=S)cc1. The standard InChI is InChI=1S/C25H22ClN3O3S/c1-32-21-13-11-20(12-14-21)29-24(31)22(15-23(30)27-19-5-3-2-4-6-19)28(25(29)33)16-17-7-9-18(26)10-8-17/h2-14,22H,15-16H2,1H3,(H,27,30)/t22-/m0/s1. The molecule has 0 saturated carbocycles. The monoisotopic (exact) mass is 479 g/mol. The second kappa shape index (κ2) is 10.0. The lowest BCUT2D eigenvalue weighted by Crippen LogP contribution is -2.37. The Morgan fingerprint density at radius 1 is 1.03 bits per heavy atom. The highest BCUT2D eigenvalue weighted by Gasteiger charge is 2.44. The predicted octanol–water partition coefficient (Wildman–Crippen LogP) is 4.88. The zero-order valence-electron chi connectivity index (χ0n) is 17.9. The summed E-state index contributed by atoms with van der Waals surface area (Å²) in [6, 6.07) is 22.8. The van der Waals surface area contributed by atoms with Crippen molar-refractivity contribution in [3.8, 4) is 5.75 Å². The normalized spacial score (nSPS) is 15.6. The second-order valence-corrected chi connectivity index (χ2v) is 8.34. The van der Waals surface area contributed by atoms with E-state index in [9.17, 15) is 9.59 Å². The van der Waals surface area contributed by atoms with Crippen molar-refractivity contribution < 1.29 is 14.3 Å². The van der Waals surface area contributed by atoms with E-state index in [4.69, 9.17) is 28.6 Å². The fraction of sp³-hybridized carbons (Fsp3) is 0.160. The van der Waals surface area contributed by atoms with Gasteiger partial charge in [0.1, 0.15) is 11.8 Å². The van der Waals surface area contributed by atoms with E-state index in [0.717, 1.165) is 5.56 Å². The average Bonchev–Trinajstić information content (AvgIpc) is 3.05. The molecule has 3 aromatic rings. The van der Waals surface area contributed by atoms with Gasteiger partial charge in [-0.3, -0.25) is 14.5 Å². The van der Waals surface area contributed by atoms with Crippen molar-refractivity contribution in [3.05, 3.63) is 89.4 Å². The van der Waals surface area contributed by atoms with Gasteiger partial charge in [-0.25, -0.2) is 0 Å². The van der Waals surface area contributed by atoms with Crippen LogP contribution in [-0.2, 0) is 16.1 Å². The van der Waals surface area contributed by atoms with E-state index in [-0.39, 0.29) is 18.2 Å². The molecular weight excluding hydrogens is 458 g/mol. The zero-order valence-corrected chi connectivity index (χ0v) is 19.5. The van der Waals surface area contributed by atoms with E-state index < -0.39 is 6.04 Å². The third-order valence-electron chi connectivity index (χ3n) is 5.35. The van der Waals surface area contributed by atoms with E-state index in [2.05, 4.69) is 5.32 Å². The summed E-state index contributed by atoms with van der Waals surface area (Å²) in [5.41, 5.74) is 2.23. The second-order valence-electron chi connectivity index (χ2n) is 7.54. The highest BCUT2D eigenvalue weighted by atomic mass is 35.5. The van der Waals surface area contributed by atoms with Crippen molar-refractivity contribution in [2.75, 3.05) is 17.3 Å². The number of carbonyl (C=O) groups is 2. The summed E-state index contributed by atoms with van der Waals surface area (Å²) in [6.45, 7) is 0.373. The van der Waals surface area contributed by atoms with Crippen LogP contribution >= 0.6 is 23.8 Å². The Labute approximate surface area is 202 Å². The minimum absolute atomic E-state index is 0.0336. The number of thiocarbonyl (C=S) groups is 1. The van der Waals surface area contributed by atoms with Gasteiger partial charge in [0.2, 0.25) is 5.91 Å². The van der Waals surface area contributed by atoms with E-state index >= 15 is 0 Å². The van der Waals surface area contributed by atoms with Crippen molar-refractivity contribution in [2.45, 2.75) is 19.0 Å². The molecule has 0 radical (unpaired) electrons. The molecular formula is C25H22ClN3O3S. The summed E-state index contributed by atoms with van der Waals surface area (Å²) in [7, 11) is 1.58. The van der Waals surface area contributed by atoms with Crippen LogP contribution in [0.15, 0.2) is 78.9 Å². The molecule has 0 unspecified atom stereocenters. The van der Waals surface area contributed by atoms with Crippen LogP contribution in [0.25, 0.3) is 0 Å². The molecule has 8 heteroatoms. The Morgan fingerprint density at radius 2 is 1.70 bits per heavy atom. The van der Waals surface area contributed by atoms with Crippen LogP contribution in [0.3, 0.4) is 0 Å². The molecule has 1 saturated heterocycles. The van der Waals surface area contributed by atoms with Gasteiger partial charge in [-0.1, -0.05) is 41.9 Å². The number of nitrogens with one attached hydrogen (secondary N) is 1. The molecule has 1 fully saturated rings. The van der Waals surface area contributed by atoms with Gasteiger partial charge < -0.3 is 15.0 Å². The summed E-state index contributed by atoms with van der Waals surface area (Å²) in [6.07, 6.45) is -0.0336. The molecule has 2 amide bonds. The maximum absolute atomic E-state index is 13.5. The molecule has 1 N–H and O–H groups in total. The van der Waals surface area contributed by atoms with Gasteiger partial charge in [-0.15, -0.1) is 0 Å². The minimum Gasteiger partial charge on any atom is -0.497 e. The Kier molecular flexibility index (Phi) is 6.91. The Balaban J connectivity index is 1.60. The highest BCUT2D eigenvalue weighted by molar-refractivity contribution is 7.80. The molecule has 0 bridgehead atoms. The van der Waals surface area contributed by atoms with Crippen LogP contribution in [0, 0.1) is 0 Å². The van der Waals surface area contributed by atoms with E-state index in [1.54, 1.807) is 60.5 Å². The Morgan fingerprint density at radius 3 is 2.33 bits per heavy atom. The maximum Gasteiger partial charge on any atom is 0.256 e. The molecule has 1 aliphatic rings. The number of nitrogens with zero attached hydrogens (tertiary/aromatic N) is 2. The topological polar surface area (TPSA) is 61.9 Å². The number of anilines is 2. The molecule has 0 spiro atoms. The minimum atomic E-state index is -0.737. The van der Waals surface area contributed by atoms with E-state index in [1.165, 1.54) is 4.90 Å². The first-order valence-electron chi connectivity index (χ1n) is 10.3. The largest absolute Gasteiger partial charge is 0.497 e. The highest BCUT2D eigenvalue weighted by Crippen LogP contribution is 2.30. The van der Waals surface area contributed by atoms with E-state index in [0.29, 0.717) is 33.8 Å². The van der Waals surface area contributed by atoms with Crippen molar-refractivity contribution in [3.63, 3.8) is 0 Å². The van der Waals surface area contributed by atoms with Gasteiger partial charge in [0, 0.05) is 17.3 Å². The number of carbonyl (C=O) groups excluding carboxylic acids is 2. The fourth-order valence-corrected chi connectivity index (χ4v) is 4.19. The number of hydrogen-bond acceptors (Lipinski definition) is 4. The zero-order chi connectivity index (χ0) is 23.4. The Bertz CT molecular complexity index is 1150. The predicted molar refractivity (Wildman–Crippen MR) is 134 cm³/mol. The molecule has 4 rings (SSSR count). The summed E-state index contributed by atoms with van der Waals surface area (Å²) in [5.74, 6) is 0.163. The van der Waals surface area contributed by atoms with Crippen LogP contribution in [0.4, 0.5) is 11.4 Å². The molecule has 6 nitrogen and oxygen atoms in total. The first-order chi connectivity index (χ1) is 16.0. The number of para-hydroxylation sites is 1. The van der Waals surface area contributed by atoms with Gasteiger partial charge in [-0.2, -0.15) is 0 Å². The maximum atomic E-state index is 13.5. The number of amides is 2. The first kappa shape index (κ1) is 22.8.